The van der Waals surface area contributed by atoms with Crippen molar-refractivity contribution in [2.24, 2.45) is 0 Å². The fourth-order valence-electron chi connectivity index (χ4n) is 2.41. The number of benzene rings is 2. The number of anilines is 1. The third-order valence-electron chi connectivity index (χ3n) is 3.71. The van der Waals surface area contributed by atoms with Crippen LogP contribution in [0, 0.1) is 0 Å². The predicted molar refractivity (Wildman–Crippen MR) is 93.3 cm³/mol. The number of nitrogens with one attached hydrogen (secondary N) is 1. The molecule has 2 nitrogen and oxygen atoms in total. The minimum atomic E-state index is -4.77. The van der Waals surface area contributed by atoms with E-state index in [0.29, 0.717) is 17.0 Å². The molecule has 0 saturated heterocycles. The number of aliphatic hydroxyl groups is 1. The zero-order valence-electron chi connectivity index (χ0n) is 13.3. The van der Waals surface area contributed by atoms with Crippen molar-refractivity contribution in [2.45, 2.75) is 24.7 Å². The molecule has 130 valence electrons. The molecule has 0 aliphatic heterocycles. The standard InChI is InChI=1S/C18H20F3NOS/c1-2-24-13-17(23,18(19,20)21)16(14-9-5-3-6-10-14)22-15-11-7-4-8-12-15/h3-12,16,22-23H,2,13H2,1H3. The SMILES string of the molecule is CCSCC(O)(C(Nc1ccccc1)c1ccccc1)C(F)(F)F. The number of hydrogen-bond donors (Lipinski definition) is 2. The van der Waals surface area contributed by atoms with Crippen LogP contribution in [0.2, 0.25) is 0 Å². The highest BCUT2D eigenvalue weighted by molar-refractivity contribution is 7.99. The van der Waals surface area contributed by atoms with Gasteiger partial charge in [0.15, 0.2) is 5.60 Å². The first-order valence-electron chi connectivity index (χ1n) is 7.62. The van der Waals surface area contributed by atoms with Gasteiger partial charge in [0.2, 0.25) is 0 Å². The van der Waals surface area contributed by atoms with Crippen LogP contribution in [0.4, 0.5) is 18.9 Å². The van der Waals surface area contributed by atoms with Crippen molar-refractivity contribution in [3.8, 4) is 0 Å². The highest BCUT2D eigenvalue weighted by Crippen LogP contribution is 2.43. The Balaban J connectivity index is 2.46. The Morgan fingerprint density at radius 2 is 1.54 bits per heavy atom. The lowest BCUT2D eigenvalue weighted by Gasteiger charge is -2.38. The summed E-state index contributed by atoms with van der Waals surface area (Å²) in [5, 5.41) is 13.5. The molecule has 0 aliphatic carbocycles. The number of hydrogen-bond acceptors (Lipinski definition) is 3. The summed E-state index contributed by atoms with van der Waals surface area (Å²) in [6, 6.07) is 15.6. The monoisotopic (exact) mass is 355 g/mol. The molecule has 2 N–H and O–H groups in total. The molecule has 2 aromatic rings. The molecule has 0 bridgehead atoms. The van der Waals surface area contributed by atoms with Crippen LogP contribution < -0.4 is 5.32 Å². The third kappa shape index (κ3) is 4.24. The Labute approximate surface area is 144 Å². The lowest BCUT2D eigenvalue weighted by molar-refractivity contribution is -0.256. The zero-order valence-corrected chi connectivity index (χ0v) is 14.1. The topological polar surface area (TPSA) is 32.3 Å². The van der Waals surface area contributed by atoms with Gasteiger partial charge in [0.1, 0.15) is 0 Å². The summed E-state index contributed by atoms with van der Waals surface area (Å²) < 4.78 is 41.3. The van der Waals surface area contributed by atoms with Gasteiger partial charge in [0.05, 0.1) is 6.04 Å². The Hall–Kier alpha value is -1.66. The summed E-state index contributed by atoms with van der Waals surface area (Å²) in [4.78, 5) is 0. The first-order chi connectivity index (χ1) is 11.4. The molecule has 0 heterocycles. The molecule has 24 heavy (non-hydrogen) atoms. The largest absolute Gasteiger partial charge is 0.420 e. The van der Waals surface area contributed by atoms with Crippen molar-refractivity contribution in [2.75, 3.05) is 16.8 Å². The van der Waals surface area contributed by atoms with Gasteiger partial charge in [0, 0.05) is 11.4 Å². The molecular formula is C18H20F3NOS. The molecule has 0 aromatic heterocycles. The number of para-hydroxylation sites is 1. The van der Waals surface area contributed by atoms with Gasteiger partial charge in [-0.1, -0.05) is 55.5 Å². The Kier molecular flexibility index (Phi) is 6.18. The summed E-state index contributed by atoms with van der Waals surface area (Å²) in [6.07, 6.45) is -4.77. The molecule has 2 atom stereocenters. The van der Waals surface area contributed by atoms with Crippen molar-refractivity contribution < 1.29 is 18.3 Å². The molecule has 0 amide bonds. The summed E-state index contributed by atoms with van der Waals surface area (Å²) in [5.74, 6) is 0.0532. The highest BCUT2D eigenvalue weighted by Gasteiger charge is 2.58. The van der Waals surface area contributed by atoms with E-state index in [9.17, 15) is 18.3 Å². The third-order valence-corrected chi connectivity index (χ3v) is 4.76. The number of alkyl halides is 3. The molecule has 0 aliphatic rings. The van der Waals surface area contributed by atoms with E-state index < -0.39 is 23.6 Å². The van der Waals surface area contributed by atoms with Crippen molar-refractivity contribution in [1.82, 2.24) is 0 Å². The second-order valence-corrected chi connectivity index (χ2v) is 6.69. The van der Waals surface area contributed by atoms with Crippen LogP contribution in [-0.4, -0.2) is 28.4 Å². The average molecular weight is 355 g/mol. The summed E-state index contributed by atoms with van der Waals surface area (Å²) in [5.41, 5.74) is -1.97. The molecule has 2 aromatic carbocycles. The maximum Gasteiger partial charge on any atom is 0.420 e. The quantitative estimate of drug-likeness (QED) is 0.742. The smallest absolute Gasteiger partial charge is 0.378 e. The lowest BCUT2D eigenvalue weighted by atomic mass is 9.89. The first-order valence-corrected chi connectivity index (χ1v) is 8.77. The van der Waals surface area contributed by atoms with E-state index >= 15 is 0 Å². The molecular weight excluding hydrogens is 335 g/mol. The van der Waals surface area contributed by atoms with Gasteiger partial charge in [-0.25, -0.2) is 0 Å². The molecule has 0 radical (unpaired) electrons. The number of rotatable bonds is 7. The fourth-order valence-corrected chi connectivity index (χ4v) is 3.26. The minimum absolute atomic E-state index is 0.387. The first kappa shape index (κ1) is 18.7. The molecule has 0 fully saturated rings. The molecule has 2 unspecified atom stereocenters. The van der Waals surface area contributed by atoms with E-state index in [4.69, 9.17) is 0 Å². The summed E-state index contributed by atoms with van der Waals surface area (Å²) >= 11 is 1.07. The van der Waals surface area contributed by atoms with Crippen LogP contribution in [0.1, 0.15) is 18.5 Å². The maximum atomic E-state index is 13.8. The Bertz CT molecular complexity index is 621. The fraction of sp³-hybridized carbons (Fsp3) is 0.333. The van der Waals surface area contributed by atoms with E-state index in [0.717, 1.165) is 11.8 Å². The molecule has 6 heteroatoms. The van der Waals surface area contributed by atoms with E-state index in [1.165, 1.54) is 0 Å². The van der Waals surface area contributed by atoms with Crippen LogP contribution in [-0.2, 0) is 0 Å². The van der Waals surface area contributed by atoms with Crippen LogP contribution in [0.15, 0.2) is 60.7 Å². The van der Waals surface area contributed by atoms with E-state index in [1.54, 1.807) is 67.6 Å². The summed E-state index contributed by atoms with van der Waals surface area (Å²) in [7, 11) is 0. The average Bonchev–Trinajstić information content (AvgIpc) is 2.58. The van der Waals surface area contributed by atoms with Crippen LogP contribution in [0.5, 0.6) is 0 Å². The second kappa shape index (κ2) is 7.94. The zero-order chi connectivity index (χ0) is 17.6. The van der Waals surface area contributed by atoms with E-state index in [-0.39, 0.29) is 0 Å². The van der Waals surface area contributed by atoms with Crippen LogP contribution in [0.25, 0.3) is 0 Å². The molecule has 0 spiro atoms. The Morgan fingerprint density at radius 3 is 2.04 bits per heavy atom. The van der Waals surface area contributed by atoms with Crippen LogP contribution in [0.3, 0.4) is 0 Å². The van der Waals surface area contributed by atoms with Crippen molar-refractivity contribution in [3.63, 3.8) is 0 Å². The second-order valence-electron chi connectivity index (χ2n) is 5.41. The maximum absolute atomic E-state index is 13.8. The number of thioether (sulfide) groups is 1. The van der Waals surface area contributed by atoms with Crippen molar-refractivity contribution in [3.05, 3.63) is 66.2 Å². The van der Waals surface area contributed by atoms with Gasteiger partial charge < -0.3 is 10.4 Å². The molecule has 0 saturated carbocycles. The lowest BCUT2D eigenvalue weighted by Crippen LogP contribution is -2.54. The predicted octanol–water partition coefficient (Wildman–Crippen LogP) is 4.89. The van der Waals surface area contributed by atoms with Gasteiger partial charge in [-0.05, 0) is 23.4 Å². The minimum Gasteiger partial charge on any atom is -0.378 e. The van der Waals surface area contributed by atoms with E-state index in [1.807, 2.05) is 0 Å². The normalized spacial score (nSPS) is 15.5. The van der Waals surface area contributed by atoms with Crippen molar-refractivity contribution in [1.29, 1.82) is 0 Å². The summed E-state index contributed by atoms with van der Waals surface area (Å²) in [6.45, 7) is 1.77. The van der Waals surface area contributed by atoms with Gasteiger partial charge in [-0.15, -0.1) is 0 Å². The number of halogens is 3. The Morgan fingerprint density at radius 1 is 1.00 bits per heavy atom. The highest BCUT2D eigenvalue weighted by atomic mass is 32.2. The molecule has 2 rings (SSSR count). The van der Waals surface area contributed by atoms with Gasteiger partial charge >= 0.3 is 6.18 Å². The van der Waals surface area contributed by atoms with Gasteiger partial charge in [-0.3, -0.25) is 0 Å². The van der Waals surface area contributed by atoms with Gasteiger partial charge in [-0.2, -0.15) is 24.9 Å². The van der Waals surface area contributed by atoms with E-state index in [2.05, 4.69) is 5.32 Å². The van der Waals surface area contributed by atoms with Crippen LogP contribution >= 0.6 is 11.8 Å². The van der Waals surface area contributed by atoms with Crippen molar-refractivity contribution >= 4 is 17.4 Å². The van der Waals surface area contributed by atoms with Gasteiger partial charge in [0.25, 0.3) is 0 Å².